The van der Waals surface area contributed by atoms with E-state index in [2.05, 4.69) is 0 Å². The third kappa shape index (κ3) is 3.15. The number of hydrogen-bond acceptors (Lipinski definition) is 3. The molecule has 2 rings (SSSR count). The number of benzene rings is 1. The summed E-state index contributed by atoms with van der Waals surface area (Å²) in [5, 5.41) is 0.474. The molecule has 4 nitrogen and oxygen atoms in total. The van der Waals surface area contributed by atoms with E-state index in [4.69, 9.17) is 27.8 Å². The van der Waals surface area contributed by atoms with Crippen LogP contribution < -0.4 is 16.2 Å². The fraction of sp³-hybridized carbons (Fsp3) is 0.462. The van der Waals surface area contributed by atoms with Crippen LogP contribution in [-0.2, 0) is 0 Å². The van der Waals surface area contributed by atoms with E-state index in [9.17, 15) is 4.79 Å². The second-order valence-corrected chi connectivity index (χ2v) is 5.10. The van der Waals surface area contributed by atoms with Crippen molar-refractivity contribution in [2.75, 3.05) is 0 Å². The number of carbonyl (C=O) groups excluding carboxylic acids is 1. The molecule has 1 aromatic rings. The number of halogens is 1. The summed E-state index contributed by atoms with van der Waals surface area (Å²) in [7, 11) is 0. The van der Waals surface area contributed by atoms with Crippen molar-refractivity contribution in [3.8, 4) is 5.75 Å². The number of rotatable bonds is 3. The van der Waals surface area contributed by atoms with Crippen LogP contribution in [-0.4, -0.2) is 18.1 Å². The van der Waals surface area contributed by atoms with Crippen molar-refractivity contribution in [3.63, 3.8) is 0 Å². The van der Waals surface area contributed by atoms with Crippen LogP contribution in [0.5, 0.6) is 5.75 Å². The first-order chi connectivity index (χ1) is 8.56. The molecule has 0 saturated heterocycles. The first kappa shape index (κ1) is 13.2. The summed E-state index contributed by atoms with van der Waals surface area (Å²) in [6.45, 7) is 0. The van der Waals surface area contributed by atoms with Gasteiger partial charge in [0.15, 0.2) is 0 Å². The Kier molecular flexibility index (Phi) is 4.09. The molecule has 1 aliphatic rings. The monoisotopic (exact) mass is 268 g/mol. The summed E-state index contributed by atoms with van der Waals surface area (Å²) >= 11 is 5.84. The number of carbonyl (C=O) groups is 1. The van der Waals surface area contributed by atoms with Crippen molar-refractivity contribution < 1.29 is 9.53 Å². The van der Waals surface area contributed by atoms with Gasteiger partial charge in [0.2, 0.25) is 0 Å². The second kappa shape index (κ2) is 5.59. The summed E-state index contributed by atoms with van der Waals surface area (Å²) in [6.07, 6.45) is 3.81. The normalized spacial score (nSPS) is 23.7. The van der Waals surface area contributed by atoms with Crippen LogP contribution in [0.2, 0.25) is 5.02 Å². The SMILES string of the molecule is NC(=O)c1cc(Cl)ccc1OC1CCC(N)CC1. The zero-order valence-corrected chi connectivity index (χ0v) is 10.8. The van der Waals surface area contributed by atoms with Gasteiger partial charge in [0.05, 0.1) is 11.7 Å². The third-order valence-electron chi connectivity index (χ3n) is 3.22. The molecule has 4 N–H and O–H groups in total. The molecule has 0 spiro atoms. The summed E-state index contributed by atoms with van der Waals surface area (Å²) in [5.74, 6) is -0.0209. The van der Waals surface area contributed by atoms with Gasteiger partial charge in [-0.15, -0.1) is 0 Å². The van der Waals surface area contributed by atoms with Crippen LogP contribution in [0.3, 0.4) is 0 Å². The molecule has 0 aliphatic heterocycles. The van der Waals surface area contributed by atoms with Crippen molar-refractivity contribution in [1.29, 1.82) is 0 Å². The number of ether oxygens (including phenoxy) is 1. The largest absolute Gasteiger partial charge is 0.490 e. The molecule has 0 aromatic heterocycles. The molecular weight excluding hydrogens is 252 g/mol. The minimum Gasteiger partial charge on any atom is -0.490 e. The number of nitrogens with two attached hydrogens (primary N) is 2. The lowest BCUT2D eigenvalue weighted by Gasteiger charge is -2.27. The topological polar surface area (TPSA) is 78.3 Å². The minimum atomic E-state index is -0.528. The summed E-state index contributed by atoms with van der Waals surface area (Å²) in [5.41, 5.74) is 11.5. The first-order valence-corrected chi connectivity index (χ1v) is 6.45. The molecule has 1 fully saturated rings. The lowest BCUT2D eigenvalue weighted by Crippen LogP contribution is -2.32. The second-order valence-electron chi connectivity index (χ2n) is 4.66. The number of primary amides is 1. The standard InChI is InChI=1S/C13H17ClN2O2/c14-8-1-6-12(11(7-8)13(16)17)18-10-4-2-9(15)3-5-10/h1,6-7,9-10H,2-5,15H2,(H2,16,17). The van der Waals surface area contributed by atoms with E-state index in [0.29, 0.717) is 16.3 Å². The Hall–Kier alpha value is -1.26. The average Bonchev–Trinajstić information content (AvgIpc) is 2.34. The highest BCUT2D eigenvalue weighted by Gasteiger charge is 2.21. The Balaban J connectivity index is 2.11. The molecule has 0 heterocycles. The molecule has 0 bridgehead atoms. The predicted octanol–water partition coefficient (Wildman–Crippen LogP) is 2.09. The predicted molar refractivity (Wildman–Crippen MR) is 70.8 cm³/mol. The van der Waals surface area contributed by atoms with Crippen molar-refractivity contribution >= 4 is 17.5 Å². The molecule has 1 saturated carbocycles. The van der Waals surface area contributed by atoms with Gasteiger partial charge in [0.25, 0.3) is 5.91 Å². The van der Waals surface area contributed by atoms with Gasteiger partial charge < -0.3 is 16.2 Å². The van der Waals surface area contributed by atoms with Crippen LogP contribution in [0.1, 0.15) is 36.0 Å². The Morgan fingerprint density at radius 1 is 1.28 bits per heavy atom. The molecule has 5 heteroatoms. The Morgan fingerprint density at radius 3 is 2.56 bits per heavy atom. The molecule has 0 radical (unpaired) electrons. The number of hydrogen-bond donors (Lipinski definition) is 2. The van der Waals surface area contributed by atoms with Gasteiger partial charge in [0.1, 0.15) is 5.75 Å². The van der Waals surface area contributed by atoms with E-state index in [1.54, 1.807) is 12.1 Å². The zero-order chi connectivity index (χ0) is 13.1. The minimum absolute atomic E-state index is 0.101. The van der Waals surface area contributed by atoms with E-state index in [-0.39, 0.29) is 12.1 Å². The molecule has 18 heavy (non-hydrogen) atoms. The van der Waals surface area contributed by atoms with Crippen LogP contribution in [0.4, 0.5) is 0 Å². The van der Waals surface area contributed by atoms with E-state index < -0.39 is 5.91 Å². The molecule has 1 aliphatic carbocycles. The Morgan fingerprint density at radius 2 is 1.94 bits per heavy atom. The van der Waals surface area contributed by atoms with Crippen molar-refractivity contribution in [2.45, 2.75) is 37.8 Å². The van der Waals surface area contributed by atoms with E-state index in [0.717, 1.165) is 25.7 Å². The fourth-order valence-corrected chi connectivity index (χ4v) is 2.36. The van der Waals surface area contributed by atoms with Crippen LogP contribution in [0.15, 0.2) is 18.2 Å². The molecule has 0 atom stereocenters. The first-order valence-electron chi connectivity index (χ1n) is 6.08. The van der Waals surface area contributed by atoms with Gasteiger partial charge >= 0.3 is 0 Å². The lowest BCUT2D eigenvalue weighted by molar-refractivity contribution is 0.0986. The maximum absolute atomic E-state index is 11.3. The van der Waals surface area contributed by atoms with Crippen LogP contribution >= 0.6 is 11.6 Å². The smallest absolute Gasteiger partial charge is 0.252 e. The van der Waals surface area contributed by atoms with E-state index in [1.807, 2.05) is 0 Å². The van der Waals surface area contributed by atoms with Gasteiger partial charge in [-0.3, -0.25) is 4.79 Å². The third-order valence-corrected chi connectivity index (χ3v) is 3.45. The lowest BCUT2D eigenvalue weighted by atomic mass is 9.93. The maximum atomic E-state index is 11.3. The van der Waals surface area contributed by atoms with Gasteiger partial charge in [0, 0.05) is 11.1 Å². The maximum Gasteiger partial charge on any atom is 0.252 e. The van der Waals surface area contributed by atoms with Gasteiger partial charge in [-0.2, -0.15) is 0 Å². The van der Waals surface area contributed by atoms with E-state index in [1.165, 1.54) is 6.07 Å². The van der Waals surface area contributed by atoms with E-state index >= 15 is 0 Å². The quantitative estimate of drug-likeness (QED) is 0.881. The molecule has 0 unspecified atom stereocenters. The van der Waals surface area contributed by atoms with Gasteiger partial charge in [-0.25, -0.2) is 0 Å². The zero-order valence-electron chi connectivity index (χ0n) is 10.1. The summed E-state index contributed by atoms with van der Waals surface area (Å²) in [4.78, 5) is 11.3. The van der Waals surface area contributed by atoms with Crippen molar-refractivity contribution in [1.82, 2.24) is 0 Å². The summed E-state index contributed by atoms with van der Waals surface area (Å²) < 4.78 is 5.84. The molecule has 98 valence electrons. The fourth-order valence-electron chi connectivity index (χ4n) is 2.18. The highest BCUT2D eigenvalue weighted by Crippen LogP contribution is 2.27. The number of amides is 1. The van der Waals surface area contributed by atoms with Crippen LogP contribution in [0, 0.1) is 0 Å². The molecule has 1 amide bonds. The summed E-state index contributed by atoms with van der Waals surface area (Å²) in [6, 6.07) is 5.19. The molecule has 1 aromatic carbocycles. The van der Waals surface area contributed by atoms with Crippen molar-refractivity contribution in [2.24, 2.45) is 11.5 Å². The van der Waals surface area contributed by atoms with Gasteiger partial charge in [-0.1, -0.05) is 11.6 Å². The Labute approximate surface area is 111 Å². The van der Waals surface area contributed by atoms with Gasteiger partial charge in [-0.05, 0) is 43.9 Å². The Bertz CT molecular complexity index is 443. The van der Waals surface area contributed by atoms with Crippen LogP contribution in [0.25, 0.3) is 0 Å². The average molecular weight is 269 g/mol. The highest BCUT2D eigenvalue weighted by atomic mass is 35.5. The molecular formula is C13H17ClN2O2. The highest BCUT2D eigenvalue weighted by molar-refractivity contribution is 6.31. The van der Waals surface area contributed by atoms with Crippen molar-refractivity contribution in [3.05, 3.63) is 28.8 Å².